The Kier molecular flexibility index (Phi) is 6.07. The monoisotopic (exact) mass is 522 g/mol. The van der Waals surface area contributed by atoms with Crippen LogP contribution in [0.1, 0.15) is 38.9 Å². The molecule has 0 bridgehead atoms. The van der Waals surface area contributed by atoms with Gasteiger partial charge < -0.3 is 13.9 Å². The lowest BCUT2D eigenvalue weighted by atomic mass is 9.98. The molecule has 2 aromatic heterocycles. The molecule has 0 spiro atoms. The molecule has 0 saturated carbocycles. The fourth-order valence-corrected chi connectivity index (χ4v) is 4.81. The predicted molar refractivity (Wildman–Crippen MR) is 144 cm³/mol. The number of aromatic nitrogens is 1. The van der Waals surface area contributed by atoms with Crippen LogP contribution in [0.25, 0.3) is 11.0 Å². The zero-order chi connectivity index (χ0) is 27.1. The minimum Gasteiger partial charge on any atom is -0.493 e. The number of hydrogen-bond acceptors (Lipinski definition) is 6. The van der Waals surface area contributed by atoms with Crippen LogP contribution >= 0.6 is 0 Å². The molecule has 0 fully saturated rings. The van der Waals surface area contributed by atoms with Gasteiger partial charge in [0.2, 0.25) is 5.76 Å². The van der Waals surface area contributed by atoms with Crippen molar-refractivity contribution in [1.29, 1.82) is 0 Å². The summed E-state index contributed by atoms with van der Waals surface area (Å²) in [5.74, 6) is 0.0850. The number of pyridine rings is 1. The van der Waals surface area contributed by atoms with Gasteiger partial charge >= 0.3 is 0 Å². The number of fused-ring (bicyclic) bond motifs is 2. The normalized spacial score (nSPS) is 14.5. The highest BCUT2D eigenvalue weighted by atomic mass is 19.1. The first kappa shape index (κ1) is 24.4. The van der Waals surface area contributed by atoms with E-state index in [9.17, 15) is 14.0 Å². The Morgan fingerprint density at radius 1 is 0.974 bits per heavy atom. The largest absolute Gasteiger partial charge is 0.493 e. The van der Waals surface area contributed by atoms with E-state index in [1.165, 1.54) is 24.1 Å². The Morgan fingerprint density at radius 2 is 1.79 bits per heavy atom. The van der Waals surface area contributed by atoms with Crippen LogP contribution in [0.15, 0.2) is 94.3 Å². The van der Waals surface area contributed by atoms with Gasteiger partial charge in [-0.05, 0) is 60.0 Å². The van der Waals surface area contributed by atoms with E-state index in [0.717, 1.165) is 17.2 Å². The SMILES string of the molecule is COc1cc(C2c3c(oc4ccc(F)cc4c3=O)C(=O)N2c2ccc(C)cn2)ccc1OCc1ccccc1. The first-order chi connectivity index (χ1) is 18.9. The van der Waals surface area contributed by atoms with Crippen molar-refractivity contribution in [2.24, 2.45) is 0 Å². The molecule has 1 atom stereocenters. The molecule has 5 aromatic rings. The first-order valence-electron chi connectivity index (χ1n) is 12.3. The number of carbonyl (C=O) groups excluding carboxylic acids is 1. The third kappa shape index (κ3) is 4.29. The molecule has 0 saturated heterocycles. The fourth-order valence-electron chi connectivity index (χ4n) is 4.81. The van der Waals surface area contributed by atoms with E-state index >= 15 is 0 Å². The molecule has 1 aliphatic rings. The molecule has 194 valence electrons. The summed E-state index contributed by atoms with van der Waals surface area (Å²) >= 11 is 0. The van der Waals surface area contributed by atoms with Gasteiger partial charge in [0.15, 0.2) is 16.9 Å². The molecular formula is C31H23FN2O5. The Labute approximate surface area is 223 Å². The van der Waals surface area contributed by atoms with E-state index in [2.05, 4.69) is 4.98 Å². The molecule has 0 N–H and O–H groups in total. The number of carbonyl (C=O) groups is 1. The van der Waals surface area contributed by atoms with Crippen LogP contribution < -0.4 is 19.8 Å². The van der Waals surface area contributed by atoms with Crippen LogP contribution in [0.5, 0.6) is 11.5 Å². The van der Waals surface area contributed by atoms with Crippen molar-refractivity contribution in [2.45, 2.75) is 19.6 Å². The number of methoxy groups -OCH3 is 1. The van der Waals surface area contributed by atoms with Crippen molar-refractivity contribution in [1.82, 2.24) is 4.98 Å². The summed E-state index contributed by atoms with van der Waals surface area (Å²) in [4.78, 5) is 33.3. The maximum absolute atomic E-state index is 14.1. The maximum atomic E-state index is 14.1. The molecule has 0 radical (unpaired) electrons. The summed E-state index contributed by atoms with van der Waals surface area (Å²) in [6.07, 6.45) is 1.64. The molecule has 3 aromatic carbocycles. The number of ether oxygens (including phenoxy) is 2. The van der Waals surface area contributed by atoms with Gasteiger partial charge in [0, 0.05) is 6.20 Å². The Hall–Kier alpha value is -4.98. The molecule has 3 heterocycles. The molecule has 1 unspecified atom stereocenters. The second-order valence-electron chi connectivity index (χ2n) is 9.27. The molecule has 7 nitrogen and oxygen atoms in total. The summed E-state index contributed by atoms with van der Waals surface area (Å²) in [6, 6.07) is 21.3. The van der Waals surface area contributed by atoms with Crippen LogP contribution in [0.2, 0.25) is 0 Å². The lowest BCUT2D eigenvalue weighted by Gasteiger charge is -2.25. The van der Waals surface area contributed by atoms with Crippen molar-refractivity contribution in [2.75, 3.05) is 12.0 Å². The highest BCUT2D eigenvalue weighted by molar-refractivity contribution is 6.10. The topological polar surface area (TPSA) is 81.9 Å². The van der Waals surface area contributed by atoms with Crippen molar-refractivity contribution < 1.29 is 23.1 Å². The van der Waals surface area contributed by atoms with Crippen molar-refractivity contribution in [3.63, 3.8) is 0 Å². The number of anilines is 1. The summed E-state index contributed by atoms with van der Waals surface area (Å²) in [7, 11) is 1.52. The highest BCUT2D eigenvalue weighted by Gasteiger charge is 2.44. The Morgan fingerprint density at radius 3 is 2.54 bits per heavy atom. The summed E-state index contributed by atoms with van der Waals surface area (Å²) in [5, 5.41) is 0.0556. The second kappa shape index (κ2) is 9.72. The number of nitrogens with zero attached hydrogens (tertiary/aromatic N) is 2. The lowest BCUT2D eigenvalue weighted by molar-refractivity contribution is 0.0970. The number of benzene rings is 3. The van der Waals surface area contributed by atoms with Gasteiger partial charge in [-0.1, -0.05) is 42.5 Å². The van der Waals surface area contributed by atoms with Gasteiger partial charge in [0.25, 0.3) is 5.91 Å². The van der Waals surface area contributed by atoms with E-state index in [1.54, 1.807) is 30.5 Å². The number of hydrogen-bond donors (Lipinski definition) is 0. The third-order valence-corrected chi connectivity index (χ3v) is 6.72. The minimum absolute atomic E-state index is 0.0556. The highest BCUT2D eigenvalue weighted by Crippen LogP contribution is 2.43. The number of aryl methyl sites for hydroxylation is 1. The van der Waals surface area contributed by atoms with Gasteiger partial charge in [-0.2, -0.15) is 0 Å². The van der Waals surface area contributed by atoms with Crippen molar-refractivity contribution in [3.8, 4) is 11.5 Å². The van der Waals surface area contributed by atoms with E-state index in [0.29, 0.717) is 29.5 Å². The van der Waals surface area contributed by atoms with Gasteiger partial charge in [0.1, 0.15) is 23.8 Å². The van der Waals surface area contributed by atoms with Crippen LogP contribution in [-0.4, -0.2) is 18.0 Å². The van der Waals surface area contributed by atoms with Gasteiger partial charge in [-0.15, -0.1) is 0 Å². The predicted octanol–water partition coefficient (Wildman–Crippen LogP) is 5.97. The number of amides is 1. The maximum Gasteiger partial charge on any atom is 0.296 e. The zero-order valence-corrected chi connectivity index (χ0v) is 21.2. The van der Waals surface area contributed by atoms with Gasteiger partial charge in [0.05, 0.1) is 24.1 Å². The number of rotatable bonds is 6. The minimum atomic E-state index is -0.885. The quantitative estimate of drug-likeness (QED) is 0.273. The molecular weight excluding hydrogens is 499 g/mol. The van der Waals surface area contributed by atoms with Crippen LogP contribution in [0.4, 0.5) is 10.2 Å². The standard InChI is InChI=1S/C31H23FN2O5/c1-18-8-13-26(33-16-18)34-28(27-29(35)22-15-21(32)10-12-23(22)39-30(27)31(34)36)20-9-11-24(25(14-20)37-2)38-17-19-6-4-3-5-7-19/h3-16,28H,17H2,1-2H3. The summed E-state index contributed by atoms with van der Waals surface area (Å²) < 4.78 is 31.6. The molecule has 0 aliphatic carbocycles. The lowest BCUT2D eigenvalue weighted by Crippen LogP contribution is -2.30. The average molecular weight is 523 g/mol. The van der Waals surface area contributed by atoms with Crippen LogP contribution in [0, 0.1) is 12.7 Å². The molecule has 1 aliphatic heterocycles. The van der Waals surface area contributed by atoms with E-state index in [1.807, 2.05) is 43.3 Å². The fraction of sp³-hybridized carbons (Fsp3) is 0.129. The Bertz CT molecular complexity index is 1770. The summed E-state index contributed by atoms with van der Waals surface area (Å²) in [5.41, 5.74) is 2.25. The van der Waals surface area contributed by atoms with E-state index in [-0.39, 0.29) is 22.3 Å². The van der Waals surface area contributed by atoms with Crippen molar-refractivity contribution >= 4 is 22.7 Å². The third-order valence-electron chi connectivity index (χ3n) is 6.72. The van der Waals surface area contributed by atoms with Gasteiger partial charge in [-0.25, -0.2) is 9.37 Å². The molecule has 6 rings (SSSR count). The van der Waals surface area contributed by atoms with Crippen molar-refractivity contribution in [3.05, 3.63) is 129 Å². The number of halogens is 1. The van der Waals surface area contributed by atoms with E-state index in [4.69, 9.17) is 13.9 Å². The molecule has 8 heteroatoms. The average Bonchev–Trinajstić information content (AvgIpc) is 3.25. The Balaban J connectivity index is 1.49. The summed E-state index contributed by atoms with van der Waals surface area (Å²) in [6.45, 7) is 2.22. The van der Waals surface area contributed by atoms with E-state index < -0.39 is 23.2 Å². The smallest absolute Gasteiger partial charge is 0.296 e. The second-order valence-corrected chi connectivity index (χ2v) is 9.27. The zero-order valence-electron chi connectivity index (χ0n) is 21.2. The first-order valence-corrected chi connectivity index (χ1v) is 12.3. The van der Waals surface area contributed by atoms with Crippen LogP contribution in [0.3, 0.4) is 0 Å². The molecule has 39 heavy (non-hydrogen) atoms. The molecule has 1 amide bonds. The van der Waals surface area contributed by atoms with Crippen LogP contribution in [-0.2, 0) is 6.61 Å². The van der Waals surface area contributed by atoms with Gasteiger partial charge in [-0.3, -0.25) is 14.5 Å².